The number of carbonyl (C=O) groups is 1. The summed E-state index contributed by atoms with van der Waals surface area (Å²) in [4.78, 5) is 11.0. The van der Waals surface area contributed by atoms with Crippen LogP contribution in [-0.4, -0.2) is 24.3 Å². The van der Waals surface area contributed by atoms with E-state index in [1.54, 1.807) is 6.07 Å². The molecule has 0 saturated heterocycles. The molecule has 1 N–H and O–H groups in total. The molecule has 0 heterocycles. The summed E-state index contributed by atoms with van der Waals surface area (Å²) >= 11 is 0. The van der Waals surface area contributed by atoms with E-state index in [0.29, 0.717) is 29.9 Å². The van der Waals surface area contributed by atoms with E-state index < -0.39 is 5.97 Å². The zero-order valence-electron chi connectivity index (χ0n) is 28.9. The van der Waals surface area contributed by atoms with E-state index >= 15 is 0 Å². The average Bonchev–Trinajstić information content (AvgIpc) is 3.10. The minimum Gasteiger partial charge on any atom is -0.489 e. The van der Waals surface area contributed by atoms with Crippen molar-refractivity contribution in [3.8, 4) is 33.8 Å². The molecule has 4 nitrogen and oxygen atoms in total. The second kappa shape index (κ2) is 15.7. The van der Waals surface area contributed by atoms with Crippen LogP contribution in [0.3, 0.4) is 0 Å². The Morgan fingerprint density at radius 3 is 1.58 bits per heavy atom. The minimum absolute atomic E-state index is 0.378. The highest BCUT2D eigenvalue weighted by atomic mass is 16.5. The van der Waals surface area contributed by atoms with Crippen LogP contribution in [0.5, 0.6) is 11.5 Å². The number of aliphatic carboxylic acids is 1. The Kier molecular flexibility index (Phi) is 11.2. The first-order chi connectivity index (χ1) is 23.1. The van der Waals surface area contributed by atoms with Crippen LogP contribution >= 0.6 is 0 Å². The van der Waals surface area contributed by atoms with Crippen LogP contribution in [0.2, 0.25) is 0 Å². The van der Waals surface area contributed by atoms with Gasteiger partial charge in [-0.2, -0.15) is 0 Å². The van der Waals surface area contributed by atoms with Crippen molar-refractivity contribution in [1.29, 1.82) is 0 Å². The molecule has 0 saturated carbocycles. The molecule has 0 aliphatic heterocycles. The largest absolute Gasteiger partial charge is 0.489 e. The molecule has 5 rings (SSSR count). The number of carboxylic acid groups (broad SMARTS) is 1. The van der Waals surface area contributed by atoms with Gasteiger partial charge in [0.1, 0.15) is 18.1 Å². The lowest BCUT2D eigenvalue weighted by Gasteiger charge is -2.18. The summed E-state index contributed by atoms with van der Waals surface area (Å²) in [5.74, 6) is 1.18. The third-order valence-electron chi connectivity index (χ3n) is 8.81. The van der Waals surface area contributed by atoms with E-state index in [4.69, 9.17) is 14.6 Å². The van der Waals surface area contributed by atoms with Gasteiger partial charge in [-0.3, -0.25) is 0 Å². The summed E-state index contributed by atoms with van der Waals surface area (Å²) in [6.07, 6.45) is 0.810. The molecule has 0 fully saturated rings. The highest BCUT2D eigenvalue weighted by Crippen LogP contribution is 2.34. The normalized spacial score (nSPS) is 11.1. The Labute approximate surface area is 285 Å². The molecular weight excluding hydrogens is 592 g/mol. The average molecular weight is 639 g/mol. The van der Waals surface area contributed by atoms with Gasteiger partial charge >= 0.3 is 5.97 Å². The number of hydrogen-bond donors (Lipinski definition) is 1. The number of hydrogen-bond acceptors (Lipinski definition) is 3. The molecule has 0 atom stereocenters. The second-order valence-corrected chi connectivity index (χ2v) is 12.9. The third kappa shape index (κ3) is 8.43. The summed E-state index contributed by atoms with van der Waals surface area (Å²) < 4.78 is 11.8. The lowest BCUT2D eigenvalue weighted by Crippen LogP contribution is -2.10. The summed E-state index contributed by atoms with van der Waals surface area (Å²) in [7, 11) is 0. The Hall–Kier alpha value is -5.09. The molecule has 0 aromatic heterocycles. The third-order valence-corrected chi connectivity index (χ3v) is 8.81. The maximum Gasteiger partial charge on any atom is 0.341 e. The molecule has 0 bridgehead atoms. The Balaban J connectivity index is 1.50. The predicted octanol–water partition coefficient (Wildman–Crippen LogP) is 11.3. The smallest absolute Gasteiger partial charge is 0.341 e. The van der Waals surface area contributed by atoms with Crippen LogP contribution in [0.15, 0.2) is 121 Å². The van der Waals surface area contributed by atoms with E-state index in [2.05, 4.69) is 132 Å². The summed E-state index contributed by atoms with van der Waals surface area (Å²) in [5, 5.41) is 8.99. The fraction of sp³-hybridized carbons (Fsp3) is 0.250. The molecule has 0 unspecified atom stereocenters. The Morgan fingerprint density at radius 1 is 0.625 bits per heavy atom. The maximum absolute atomic E-state index is 11.0. The van der Waals surface area contributed by atoms with Gasteiger partial charge in [-0.1, -0.05) is 132 Å². The van der Waals surface area contributed by atoms with E-state index in [1.165, 1.54) is 44.5 Å². The highest BCUT2D eigenvalue weighted by molar-refractivity contribution is 5.84. The Bertz CT molecular complexity index is 1780. The molecule has 246 valence electrons. The van der Waals surface area contributed by atoms with Crippen molar-refractivity contribution in [2.75, 3.05) is 13.2 Å². The summed E-state index contributed by atoms with van der Waals surface area (Å²) in [6, 6.07) is 40.8. The van der Waals surface area contributed by atoms with Gasteiger partial charge in [0.15, 0.2) is 6.61 Å². The van der Waals surface area contributed by atoms with Gasteiger partial charge in [0.05, 0.1) is 0 Å². The van der Waals surface area contributed by atoms with Gasteiger partial charge in [0, 0.05) is 0 Å². The van der Waals surface area contributed by atoms with Crippen molar-refractivity contribution >= 4 is 11.5 Å². The fourth-order valence-corrected chi connectivity index (χ4v) is 5.92. The first-order valence-electron chi connectivity index (χ1n) is 16.8. The van der Waals surface area contributed by atoms with Crippen molar-refractivity contribution in [2.24, 2.45) is 0 Å². The maximum atomic E-state index is 11.0. The standard InChI is InChI=1S/C44H46O4/c1-7-32(27-47-41-22-23-42(31(6)24-41)48-28-43(45)46)44(35-18-14-33(15-19-35)39-12-8-10-37(25-39)29(2)3)36-20-16-34(17-21-36)40-13-9-11-38(26-40)30(4)5/h8-26,29-30H,7,27-28H2,1-6H3,(H,45,46). The van der Waals surface area contributed by atoms with Crippen LogP contribution in [0.1, 0.15) is 80.7 Å². The van der Waals surface area contributed by atoms with Crippen LogP contribution in [0, 0.1) is 6.92 Å². The van der Waals surface area contributed by atoms with Crippen molar-refractivity contribution in [2.45, 2.75) is 59.8 Å². The van der Waals surface area contributed by atoms with Crippen molar-refractivity contribution in [3.63, 3.8) is 0 Å². The topological polar surface area (TPSA) is 55.8 Å². The molecule has 5 aromatic carbocycles. The molecule has 5 aromatic rings. The first-order valence-corrected chi connectivity index (χ1v) is 16.8. The van der Waals surface area contributed by atoms with E-state index in [0.717, 1.165) is 23.1 Å². The molecular formula is C44H46O4. The quantitative estimate of drug-likeness (QED) is 0.139. The SMILES string of the molecule is CCC(COc1ccc(OCC(=O)O)c(C)c1)=C(c1ccc(-c2cccc(C(C)C)c2)cc1)c1ccc(-c2cccc(C(C)C)c2)cc1. The molecule has 4 heteroatoms. The van der Waals surface area contributed by atoms with Crippen molar-refractivity contribution in [1.82, 2.24) is 0 Å². The lowest BCUT2D eigenvalue weighted by molar-refractivity contribution is -0.139. The van der Waals surface area contributed by atoms with E-state index in [-0.39, 0.29) is 6.61 Å². The van der Waals surface area contributed by atoms with Crippen LogP contribution in [-0.2, 0) is 4.79 Å². The van der Waals surface area contributed by atoms with E-state index in [9.17, 15) is 4.79 Å². The molecule has 0 aliphatic rings. The van der Waals surface area contributed by atoms with Crippen molar-refractivity contribution in [3.05, 3.63) is 149 Å². The van der Waals surface area contributed by atoms with Crippen LogP contribution < -0.4 is 9.47 Å². The lowest BCUT2D eigenvalue weighted by atomic mass is 9.89. The van der Waals surface area contributed by atoms with E-state index in [1.807, 2.05) is 19.1 Å². The Morgan fingerprint density at radius 2 is 1.15 bits per heavy atom. The summed E-state index contributed by atoms with van der Waals surface area (Å²) in [5.41, 5.74) is 12.9. The molecule has 0 amide bonds. The second-order valence-electron chi connectivity index (χ2n) is 12.9. The number of rotatable bonds is 13. The minimum atomic E-state index is -1.01. The predicted molar refractivity (Wildman–Crippen MR) is 198 cm³/mol. The molecule has 0 radical (unpaired) electrons. The van der Waals surface area contributed by atoms with Crippen LogP contribution in [0.4, 0.5) is 0 Å². The number of carboxylic acids is 1. The van der Waals surface area contributed by atoms with Gasteiger partial charge in [0.25, 0.3) is 0 Å². The number of ether oxygens (including phenoxy) is 2. The molecule has 48 heavy (non-hydrogen) atoms. The fourth-order valence-electron chi connectivity index (χ4n) is 5.92. The van der Waals surface area contributed by atoms with Crippen molar-refractivity contribution < 1.29 is 19.4 Å². The van der Waals surface area contributed by atoms with Gasteiger partial charge in [0.2, 0.25) is 0 Å². The highest BCUT2D eigenvalue weighted by Gasteiger charge is 2.15. The van der Waals surface area contributed by atoms with Gasteiger partial charge in [-0.25, -0.2) is 4.79 Å². The zero-order chi connectivity index (χ0) is 34.2. The molecule has 0 aliphatic carbocycles. The first kappa shape index (κ1) is 34.3. The zero-order valence-corrected chi connectivity index (χ0v) is 28.9. The van der Waals surface area contributed by atoms with Gasteiger partial charge in [-0.15, -0.1) is 0 Å². The number of aryl methyl sites for hydroxylation is 1. The molecule has 0 spiro atoms. The van der Waals surface area contributed by atoms with Crippen LogP contribution in [0.25, 0.3) is 27.8 Å². The number of benzene rings is 5. The van der Waals surface area contributed by atoms with Gasteiger partial charge < -0.3 is 14.6 Å². The monoisotopic (exact) mass is 638 g/mol. The summed E-state index contributed by atoms with van der Waals surface area (Å²) in [6.45, 7) is 13.0. The van der Waals surface area contributed by atoms with Gasteiger partial charge in [-0.05, 0) is 105 Å².